The molecule has 0 bridgehead atoms. The summed E-state index contributed by atoms with van der Waals surface area (Å²) in [4.78, 5) is 13.9. The summed E-state index contributed by atoms with van der Waals surface area (Å²) in [6.07, 6.45) is 1.39. The van der Waals surface area contributed by atoms with E-state index in [2.05, 4.69) is 12.1 Å². The van der Waals surface area contributed by atoms with Crippen LogP contribution >= 0.6 is 0 Å². The van der Waals surface area contributed by atoms with Crippen LogP contribution in [0.2, 0.25) is 0 Å². The fourth-order valence-electron chi connectivity index (χ4n) is 3.21. The van der Waals surface area contributed by atoms with Crippen molar-refractivity contribution >= 4 is 6.09 Å². The number of hydrogen-bond donors (Lipinski definition) is 1. The Labute approximate surface area is 133 Å². The lowest BCUT2D eigenvalue weighted by molar-refractivity contribution is 0.0221. The molecule has 0 spiro atoms. The molecule has 1 amide bonds. The Morgan fingerprint density at radius 2 is 1.91 bits per heavy atom. The number of aliphatic hydroxyl groups is 1. The van der Waals surface area contributed by atoms with Crippen LogP contribution in [0.4, 0.5) is 4.79 Å². The lowest BCUT2D eigenvalue weighted by Crippen LogP contribution is -2.39. The molecule has 1 aromatic carbocycles. The van der Waals surface area contributed by atoms with Gasteiger partial charge in [0.2, 0.25) is 0 Å². The van der Waals surface area contributed by atoms with Crippen LogP contribution in [0.3, 0.4) is 0 Å². The zero-order chi connectivity index (χ0) is 16.3. The van der Waals surface area contributed by atoms with Crippen molar-refractivity contribution in [3.8, 4) is 0 Å². The Kier molecular flexibility index (Phi) is 5.12. The van der Waals surface area contributed by atoms with E-state index < -0.39 is 5.60 Å². The maximum Gasteiger partial charge on any atom is 0.410 e. The predicted molar refractivity (Wildman–Crippen MR) is 86.8 cm³/mol. The van der Waals surface area contributed by atoms with Gasteiger partial charge in [-0.3, -0.25) is 0 Å². The zero-order valence-electron chi connectivity index (χ0n) is 14.0. The Morgan fingerprint density at radius 1 is 1.27 bits per heavy atom. The number of benzene rings is 1. The molecule has 1 fully saturated rings. The molecule has 0 aliphatic heterocycles. The molecule has 0 aromatic heterocycles. The minimum absolute atomic E-state index is 0.109. The van der Waals surface area contributed by atoms with Gasteiger partial charge in [-0.1, -0.05) is 30.3 Å². The van der Waals surface area contributed by atoms with Crippen molar-refractivity contribution in [3.63, 3.8) is 0 Å². The summed E-state index contributed by atoms with van der Waals surface area (Å²) in [7, 11) is 1.79. The Balaban J connectivity index is 2.07. The number of ether oxygens (including phenoxy) is 1. The molecule has 1 aliphatic carbocycles. The number of nitrogens with zero attached hydrogens (tertiary/aromatic N) is 1. The highest BCUT2D eigenvalue weighted by molar-refractivity contribution is 5.68. The maximum absolute atomic E-state index is 12.2. The van der Waals surface area contributed by atoms with Gasteiger partial charge in [0.15, 0.2) is 0 Å². The molecular weight excluding hydrogens is 278 g/mol. The van der Waals surface area contributed by atoms with Gasteiger partial charge in [0, 0.05) is 19.7 Å². The summed E-state index contributed by atoms with van der Waals surface area (Å²) in [5.74, 6) is 0.485. The Morgan fingerprint density at radius 3 is 2.45 bits per heavy atom. The topological polar surface area (TPSA) is 49.8 Å². The van der Waals surface area contributed by atoms with E-state index in [-0.39, 0.29) is 24.7 Å². The predicted octanol–water partition coefficient (Wildman–Crippen LogP) is 3.41. The highest BCUT2D eigenvalue weighted by Crippen LogP contribution is 2.41. The highest BCUT2D eigenvalue weighted by Gasteiger charge is 2.38. The zero-order valence-corrected chi connectivity index (χ0v) is 14.0. The van der Waals surface area contributed by atoms with Gasteiger partial charge >= 0.3 is 6.09 Å². The minimum atomic E-state index is -0.487. The maximum atomic E-state index is 12.2. The van der Waals surface area contributed by atoms with Crippen LogP contribution in [-0.2, 0) is 4.74 Å². The lowest BCUT2D eigenvalue weighted by Gasteiger charge is -2.28. The monoisotopic (exact) mass is 305 g/mol. The third-order valence-corrected chi connectivity index (χ3v) is 4.36. The quantitative estimate of drug-likeness (QED) is 0.931. The minimum Gasteiger partial charge on any atom is -0.444 e. The van der Waals surface area contributed by atoms with E-state index in [0.29, 0.717) is 5.92 Å². The van der Waals surface area contributed by atoms with E-state index in [4.69, 9.17) is 4.74 Å². The molecule has 0 heterocycles. The number of rotatable bonds is 3. The van der Waals surface area contributed by atoms with Crippen molar-refractivity contribution in [2.75, 3.05) is 13.7 Å². The molecule has 3 atom stereocenters. The van der Waals surface area contributed by atoms with E-state index in [9.17, 15) is 9.90 Å². The molecule has 0 saturated heterocycles. The van der Waals surface area contributed by atoms with Gasteiger partial charge in [0.25, 0.3) is 0 Å². The molecule has 0 radical (unpaired) electrons. The van der Waals surface area contributed by atoms with Crippen LogP contribution < -0.4 is 0 Å². The summed E-state index contributed by atoms with van der Waals surface area (Å²) >= 11 is 0. The average Bonchev–Trinajstić information content (AvgIpc) is 2.89. The van der Waals surface area contributed by atoms with Crippen LogP contribution in [0.15, 0.2) is 30.3 Å². The summed E-state index contributed by atoms with van der Waals surface area (Å²) in [6, 6.07) is 10.4. The van der Waals surface area contributed by atoms with Crippen molar-refractivity contribution in [2.24, 2.45) is 5.92 Å². The summed E-state index contributed by atoms with van der Waals surface area (Å²) in [5.41, 5.74) is 0.751. The molecule has 0 unspecified atom stereocenters. The first-order valence-electron chi connectivity index (χ1n) is 7.93. The van der Waals surface area contributed by atoms with Gasteiger partial charge in [-0.15, -0.1) is 0 Å². The number of carbonyl (C=O) groups is 1. The van der Waals surface area contributed by atoms with Gasteiger partial charge in [0.1, 0.15) is 5.60 Å². The van der Waals surface area contributed by atoms with E-state index in [1.165, 1.54) is 5.56 Å². The Bertz CT molecular complexity index is 495. The Hall–Kier alpha value is -1.55. The number of carbonyl (C=O) groups excluding carboxylic acids is 1. The van der Waals surface area contributed by atoms with Crippen molar-refractivity contribution in [1.82, 2.24) is 4.90 Å². The van der Waals surface area contributed by atoms with Gasteiger partial charge < -0.3 is 14.7 Å². The molecule has 122 valence electrons. The normalized spacial score (nSPS) is 25.0. The fraction of sp³-hybridized carbons (Fsp3) is 0.611. The van der Waals surface area contributed by atoms with Gasteiger partial charge in [-0.25, -0.2) is 4.79 Å². The molecule has 22 heavy (non-hydrogen) atoms. The molecule has 1 saturated carbocycles. The smallest absolute Gasteiger partial charge is 0.410 e. The van der Waals surface area contributed by atoms with Gasteiger partial charge in [0.05, 0.1) is 0 Å². The molecule has 4 nitrogen and oxygen atoms in total. The van der Waals surface area contributed by atoms with Crippen LogP contribution in [0.25, 0.3) is 0 Å². The average molecular weight is 305 g/mol. The molecule has 4 heteroatoms. The van der Waals surface area contributed by atoms with Crippen LogP contribution in [0.5, 0.6) is 0 Å². The molecule has 1 aliphatic rings. The van der Waals surface area contributed by atoms with Gasteiger partial charge in [-0.2, -0.15) is 0 Å². The molecule has 1 N–H and O–H groups in total. The summed E-state index contributed by atoms with van der Waals surface area (Å²) in [6.45, 7) is 5.77. The SMILES string of the molecule is CN(C(=O)OC(C)(C)C)[C@H]1C[C@H](CO)[C@@H](c2ccccc2)C1. The second-order valence-electron chi connectivity index (χ2n) is 7.18. The first kappa shape index (κ1) is 16.8. The van der Waals surface area contributed by atoms with Gasteiger partial charge in [-0.05, 0) is 51.0 Å². The molecular formula is C18H27NO3. The van der Waals surface area contributed by atoms with E-state index in [1.54, 1.807) is 11.9 Å². The number of amides is 1. The molecule has 1 aromatic rings. The van der Waals surface area contributed by atoms with Crippen LogP contribution in [0.1, 0.15) is 45.1 Å². The van der Waals surface area contributed by atoms with Crippen molar-refractivity contribution < 1.29 is 14.6 Å². The fourth-order valence-corrected chi connectivity index (χ4v) is 3.21. The van der Waals surface area contributed by atoms with Crippen molar-refractivity contribution in [2.45, 2.75) is 51.2 Å². The third kappa shape index (κ3) is 4.01. The second kappa shape index (κ2) is 6.69. The lowest BCUT2D eigenvalue weighted by atomic mass is 9.89. The second-order valence-corrected chi connectivity index (χ2v) is 7.18. The van der Waals surface area contributed by atoms with Crippen molar-refractivity contribution in [3.05, 3.63) is 35.9 Å². The van der Waals surface area contributed by atoms with E-state index in [0.717, 1.165) is 12.8 Å². The number of hydrogen-bond acceptors (Lipinski definition) is 3. The summed E-state index contributed by atoms with van der Waals surface area (Å²) < 4.78 is 5.45. The van der Waals surface area contributed by atoms with Crippen molar-refractivity contribution in [1.29, 1.82) is 0 Å². The van der Waals surface area contributed by atoms with Crippen LogP contribution in [0, 0.1) is 5.92 Å². The first-order chi connectivity index (χ1) is 10.3. The summed E-state index contributed by atoms with van der Waals surface area (Å²) in [5, 5.41) is 9.69. The largest absolute Gasteiger partial charge is 0.444 e. The number of aliphatic hydroxyl groups excluding tert-OH is 1. The van der Waals surface area contributed by atoms with E-state index >= 15 is 0 Å². The molecule has 2 rings (SSSR count). The third-order valence-electron chi connectivity index (χ3n) is 4.36. The van der Waals surface area contributed by atoms with E-state index in [1.807, 2.05) is 39.0 Å². The van der Waals surface area contributed by atoms with Crippen LogP contribution in [-0.4, -0.2) is 41.4 Å². The first-order valence-corrected chi connectivity index (χ1v) is 7.93. The standard InChI is InChI=1S/C18H27NO3/c1-18(2,3)22-17(21)19(4)15-10-14(12-20)16(11-15)13-8-6-5-7-9-13/h5-9,14-16,20H,10-12H2,1-4H3/t14-,15+,16-/m1/s1. The highest BCUT2D eigenvalue weighted by atomic mass is 16.6.